The number of aromatic nitrogens is 1. The highest BCUT2D eigenvalue weighted by Crippen LogP contribution is 2.28. The van der Waals surface area contributed by atoms with Gasteiger partial charge in [-0.3, -0.25) is 14.6 Å². The molecule has 6 heteroatoms. The third kappa shape index (κ3) is 7.55. The zero-order valence-electron chi connectivity index (χ0n) is 22.3. The summed E-state index contributed by atoms with van der Waals surface area (Å²) < 4.78 is 5.62. The number of pyridine rings is 1. The van der Waals surface area contributed by atoms with Crippen LogP contribution < -0.4 is 9.64 Å². The van der Waals surface area contributed by atoms with Gasteiger partial charge in [0.1, 0.15) is 5.75 Å². The van der Waals surface area contributed by atoms with Crippen molar-refractivity contribution in [2.45, 2.75) is 67.2 Å². The van der Waals surface area contributed by atoms with E-state index in [2.05, 4.69) is 46.5 Å². The lowest BCUT2D eigenvalue weighted by atomic mass is 9.91. The Morgan fingerprint density at radius 2 is 1.89 bits per heavy atom. The van der Waals surface area contributed by atoms with E-state index in [4.69, 9.17) is 4.74 Å². The first-order valence-electron chi connectivity index (χ1n) is 12.9. The van der Waals surface area contributed by atoms with Crippen molar-refractivity contribution in [1.29, 1.82) is 0 Å². The standard InChI is InChI=1S/C29H41N3O3/c1-7-22-15-25(19-30-18-22)32(28(34)24-9-10-26-23(16-24)11-14-35-26)13-8-12-31(20-21(2)3)27(33)17-29(4,5)6/h9-10,15-16,18-19,21H,7-8,11-14,17,20H2,1-6H3. The third-order valence-corrected chi connectivity index (χ3v) is 6.11. The van der Waals surface area contributed by atoms with Crippen LogP contribution in [0.25, 0.3) is 0 Å². The van der Waals surface area contributed by atoms with Gasteiger partial charge in [-0.15, -0.1) is 0 Å². The molecular formula is C29H41N3O3. The first-order chi connectivity index (χ1) is 16.6. The van der Waals surface area contributed by atoms with E-state index in [1.807, 2.05) is 40.3 Å². The third-order valence-electron chi connectivity index (χ3n) is 6.11. The number of fused-ring (bicyclic) bond motifs is 1. The Bertz CT molecular complexity index is 1030. The maximum Gasteiger partial charge on any atom is 0.258 e. The summed E-state index contributed by atoms with van der Waals surface area (Å²) in [6, 6.07) is 7.73. The van der Waals surface area contributed by atoms with Crippen LogP contribution in [0.15, 0.2) is 36.7 Å². The Labute approximate surface area is 210 Å². The van der Waals surface area contributed by atoms with E-state index in [-0.39, 0.29) is 17.2 Å². The molecule has 1 aliphatic heterocycles. The lowest BCUT2D eigenvalue weighted by Gasteiger charge is -2.29. The van der Waals surface area contributed by atoms with Crippen LogP contribution in [0, 0.1) is 11.3 Å². The molecule has 2 amide bonds. The molecule has 0 atom stereocenters. The van der Waals surface area contributed by atoms with Crippen molar-refractivity contribution in [3.05, 3.63) is 53.3 Å². The van der Waals surface area contributed by atoms with E-state index in [1.165, 1.54) is 0 Å². The first-order valence-corrected chi connectivity index (χ1v) is 12.9. The number of ether oxygens (including phenoxy) is 1. The lowest BCUT2D eigenvalue weighted by molar-refractivity contribution is -0.133. The highest BCUT2D eigenvalue weighted by atomic mass is 16.5. The predicted octanol–water partition coefficient (Wildman–Crippen LogP) is 5.54. The van der Waals surface area contributed by atoms with Crippen LogP contribution in [0.5, 0.6) is 5.75 Å². The normalized spacial score (nSPS) is 12.9. The van der Waals surface area contributed by atoms with Crippen molar-refractivity contribution >= 4 is 17.5 Å². The summed E-state index contributed by atoms with van der Waals surface area (Å²) in [5, 5.41) is 0. The average molecular weight is 480 g/mol. The second kappa shape index (κ2) is 11.7. The number of carbonyl (C=O) groups excluding carboxylic acids is 2. The summed E-state index contributed by atoms with van der Waals surface area (Å²) in [5.74, 6) is 1.38. The topological polar surface area (TPSA) is 62.7 Å². The van der Waals surface area contributed by atoms with Crippen LogP contribution in [0.4, 0.5) is 5.69 Å². The summed E-state index contributed by atoms with van der Waals surface area (Å²) in [6.07, 6.45) is 6.48. The van der Waals surface area contributed by atoms with Gasteiger partial charge in [-0.1, -0.05) is 41.5 Å². The van der Waals surface area contributed by atoms with E-state index in [0.29, 0.717) is 44.0 Å². The molecule has 3 rings (SSSR count). The summed E-state index contributed by atoms with van der Waals surface area (Å²) in [4.78, 5) is 34.9. The van der Waals surface area contributed by atoms with Crippen molar-refractivity contribution in [2.24, 2.45) is 11.3 Å². The van der Waals surface area contributed by atoms with Gasteiger partial charge in [0.15, 0.2) is 0 Å². The summed E-state index contributed by atoms with van der Waals surface area (Å²) in [7, 11) is 0. The first kappa shape index (κ1) is 26.7. The number of hydrogen-bond donors (Lipinski definition) is 0. The van der Waals surface area contributed by atoms with Gasteiger partial charge in [-0.05, 0) is 59.6 Å². The molecule has 0 bridgehead atoms. The molecule has 35 heavy (non-hydrogen) atoms. The van der Waals surface area contributed by atoms with Gasteiger partial charge in [-0.25, -0.2) is 0 Å². The quantitative estimate of drug-likeness (QED) is 0.449. The predicted molar refractivity (Wildman–Crippen MR) is 141 cm³/mol. The summed E-state index contributed by atoms with van der Waals surface area (Å²) >= 11 is 0. The second-order valence-electron chi connectivity index (χ2n) is 11.1. The van der Waals surface area contributed by atoms with E-state index < -0.39 is 0 Å². The van der Waals surface area contributed by atoms with Crippen molar-refractivity contribution in [3.8, 4) is 5.75 Å². The van der Waals surface area contributed by atoms with Gasteiger partial charge in [0.2, 0.25) is 5.91 Å². The van der Waals surface area contributed by atoms with Gasteiger partial charge in [0, 0.05) is 44.2 Å². The van der Waals surface area contributed by atoms with Crippen molar-refractivity contribution in [2.75, 3.05) is 31.1 Å². The van der Waals surface area contributed by atoms with Gasteiger partial charge < -0.3 is 14.5 Å². The molecule has 0 spiro atoms. The van der Waals surface area contributed by atoms with Crippen LogP contribution in [-0.4, -0.2) is 47.9 Å². The number of rotatable bonds is 10. The highest BCUT2D eigenvalue weighted by Gasteiger charge is 2.24. The molecule has 0 unspecified atom stereocenters. The SMILES string of the molecule is CCc1cncc(N(CCCN(CC(C)C)C(=O)CC(C)(C)C)C(=O)c2ccc3c(c2)CCO3)c1. The molecule has 190 valence electrons. The van der Waals surface area contributed by atoms with Crippen molar-refractivity contribution in [3.63, 3.8) is 0 Å². The Kier molecular flexibility index (Phi) is 8.92. The number of anilines is 1. The Hall–Kier alpha value is -2.89. The van der Waals surface area contributed by atoms with E-state index in [1.54, 1.807) is 6.20 Å². The van der Waals surface area contributed by atoms with Crippen molar-refractivity contribution in [1.82, 2.24) is 9.88 Å². The molecule has 0 N–H and O–H groups in total. The molecule has 1 aromatic carbocycles. The molecule has 1 aromatic heterocycles. The number of carbonyl (C=O) groups is 2. The van der Waals surface area contributed by atoms with Gasteiger partial charge >= 0.3 is 0 Å². The molecule has 0 radical (unpaired) electrons. The summed E-state index contributed by atoms with van der Waals surface area (Å²) in [5.41, 5.74) is 3.55. The fraction of sp³-hybridized carbons (Fsp3) is 0.552. The molecule has 2 heterocycles. The van der Waals surface area contributed by atoms with Crippen LogP contribution in [-0.2, 0) is 17.6 Å². The van der Waals surface area contributed by atoms with Crippen LogP contribution in [0.1, 0.15) is 75.9 Å². The fourth-order valence-corrected chi connectivity index (χ4v) is 4.38. The number of amides is 2. The second-order valence-corrected chi connectivity index (χ2v) is 11.1. The molecule has 0 saturated carbocycles. The largest absolute Gasteiger partial charge is 0.493 e. The minimum atomic E-state index is -0.0577. The molecule has 1 aliphatic rings. The lowest BCUT2D eigenvalue weighted by Crippen LogP contribution is -2.39. The number of benzene rings is 1. The molecular weight excluding hydrogens is 438 g/mol. The van der Waals surface area contributed by atoms with Crippen LogP contribution in [0.3, 0.4) is 0 Å². The minimum Gasteiger partial charge on any atom is -0.493 e. The summed E-state index contributed by atoms with van der Waals surface area (Å²) in [6.45, 7) is 15.1. The van der Waals surface area contributed by atoms with E-state index >= 15 is 0 Å². The monoisotopic (exact) mass is 479 g/mol. The van der Waals surface area contributed by atoms with Crippen LogP contribution >= 0.6 is 0 Å². The molecule has 0 aliphatic carbocycles. The number of nitrogens with zero attached hydrogens (tertiary/aromatic N) is 3. The van der Waals surface area contributed by atoms with Crippen molar-refractivity contribution < 1.29 is 14.3 Å². The number of aryl methyl sites for hydroxylation is 1. The Balaban J connectivity index is 1.79. The molecule has 0 fully saturated rings. The maximum atomic E-state index is 13.7. The van der Waals surface area contributed by atoms with Crippen LogP contribution in [0.2, 0.25) is 0 Å². The fourth-order valence-electron chi connectivity index (χ4n) is 4.38. The average Bonchev–Trinajstić information content (AvgIpc) is 3.27. The van der Waals surface area contributed by atoms with E-state index in [0.717, 1.165) is 42.0 Å². The maximum absolute atomic E-state index is 13.7. The smallest absolute Gasteiger partial charge is 0.258 e. The highest BCUT2D eigenvalue weighted by molar-refractivity contribution is 6.06. The Morgan fingerprint density at radius 3 is 2.57 bits per heavy atom. The van der Waals surface area contributed by atoms with Gasteiger partial charge in [-0.2, -0.15) is 0 Å². The number of hydrogen-bond acceptors (Lipinski definition) is 4. The van der Waals surface area contributed by atoms with Gasteiger partial charge in [0.05, 0.1) is 18.5 Å². The molecule has 2 aromatic rings. The molecule has 0 saturated heterocycles. The van der Waals surface area contributed by atoms with Gasteiger partial charge in [0.25, 0.3) is 5.91 Å². The molecule has 6 nitrogen and oxygen atoms in total. The zero-order chi connectivity index (χ0) is 25.6. The minimum absolute atomic E-state index is 0.0498. The van der Waals surface area contributed by atoms with E-state index in [9.17, 15) is 9.59 Å². The Morgan fingerprint density at radius 1 is 1.11 bits per heavy atom. The zero-order valence-corrected chi connectivity index (χ0v) is 22.3.